The molecule has 1 aromatic heterocycles. The third-order valence-electron chi connectivity index (χ3n) is 4.02. The van der Waals surface area contributed by atoms with Crippen LogP contribution in [0.1, 0.15) is 16.7 Å². The molecule has 0 saturated carbocycles. The topological polar surface area (TPSA) is 87.1 Å². The highest BCUT2D eigenvalue weighted by atomic mass is 127. The van der Waals surface area contributed by atoms with Crippen LogP contribution in [0.4, 0.5) is 36.7 Å². The van der Waals surface area contributed by atoms with Gasteiger partial charge in [0.15, 0.2) is 0 Å². The van der Waals surface area contributed by atoms with Crippen LogP contribution in [0.15, 0.2) is 41.5 Å². The summed E-state index contributed by atoms with van der Waals surface area (Å²) in [6.07, 6.45) is -2.79. The standard InChI is InChI=1S/C19H16F3I2N7/c1-10-11(6-13(23)8-15(10)24)9-26-31-18-29-16(25-2)28-17(30-18)27-14-5-3-4-12(7-14)19(20,21)22/h3-9H,1-2H3,(H3,25,27,28,29,30,31)/b26-9+. The second-order valence-electron chi connectivity index (χ2n) is 6.23. The fourth-order valence-corrected chi connectivity index (χ4v) is 4.35. The maximum absolute atomic E-state index is 12.9. The number of aromatic nitrogens is 3. The highest BCUT2D eigenvalue weighted by molar-refractivity contribution is 14.1. The molecule has 0 aliphatic carbocycles. The van der Waals surface area contributed by atoms with Gasteiger partial charge in [0.25, 0.3) is 0 Å². The molecule has 31 heavy (non-hydrogen) atoms. The average molecular weight is 653 g/mol. The van der Waals surface area contributed by atoms with E-state index >= 15 is 0 Å². The molecule has 0 aliphatic rings. The Bertz CT molecular complexity index is 1120. The molecule has 0 amide bonds. The second kappa shape index (κ2) is 9.93. The molecule has 0 fully saturated rings. The van der Waals surface area contributed by atoms with Gasteiger partial charge < -0.3 is 10.6 Å². The van der Waals surface area contributed by atoms with E-state index in [0.29, 0.717) is 0 Å². The van der Waals surface area contributed by atoms with Crippen molar-refractivity contribution in [3.63, 3.8) is 0 Å². The summed E-state index contributed by atoms with van der Waals surface area (Å²) in [5.41, 5.74) is 4.19. The molecule has 0 spiro atoms. The molecule has 3 N–H and O–H groups in total. The van der Waals surface area contributed by atoms with Gasteiger partial charge >= 0.3 is 6.18 Å². The first-order valence-electron chi connectivity index (χ1n) is 8.78. The summed E-state index contributed by atoms with van der Waals surface area (Å²) < 4.78 is 41.0. The van der Waals surface area contributed by atoms with Crippen LogP contribution in [0, 0.1) is 14.1 Å². The van der Waals surface area contributed by atoms with Gasteiger partial charge in [-0.15, -0.1) is 0 Å². The van der Waals surface area contributed by atoms with Gasteiger partial charge in [-0.05, 0) is 93.6 Å². The lowest BCUT2D eigenvalue weighted by atomic mass is 10.1. The number of anilines is 4. The molecule has 0 radical (unpaired) electrons. The predicted molar refractivity (Wildman–Crippen MR) is 132 cm³/mol. The summed E-state index contributed by atoms with van der Waals surface area (Å²) in [5.74, 6) is 0.418. The van der Waals surface area contributed by atoms with Crippen molar-refractivity contribution < 1.29 is 13.2 Å². The van der Waals surface area contributed by atoms with Crippen molar-refractivity contribution in [2.45, 2.75) is 13.1 Å². The van der Waals surface area contributed by atoms with Crippen molar-refractivity contribution in [3.8, 4) is 0 Å². The average Bonchev–Trinajstić information content (AvgIpc) is 2.71. The van der Waals surface area contributed by atoms with Crippen LogP contribution in [0.2, 0.25) is 0 Å². The molecular formula is C19H16F3I2N7. The second-order valence-corrected chi connectivity index (χ2v) is 8.64. The lowest BCUT2D eigenvalue weighted by molar-refractivity contribution is -0.137. The van der Waals surface area contributed by atoms with Crippen LogP contribution in [0.5, 0.6) is 0 Å². The minimum Gasteiger partial charge on any atom is -0.357 e. The van der Waals surface area contributed by atoms with Crippen LogP contribution < -0.4 is 16.1 Å². The number of alkyl halides is 3. The number of nitrogens with zero attached hydrogens (tertiary/aromatic N) is 4. The van der Waals surface area contributed by atoms with Gasteiger partial charge in [0, 0.05) is 19.9 Å². The van der Waals surface area contributed by atoms with E-state index in [1.165, 1.54) is 12.1 Å². The van der Waals surface area contributed by atoms with Crippen LogP contribution in [0.3, 0.4) is 0 Å². The lowest BCUT2D eigenvalue weighted by Gasteiger charge is -2.11. The van der Waals surface area contributed by atoms with Gasteiger partial charge in [-0.1, -0.05) is 6.07 Å². The molecule has 0 aliphatic heterocycles. The van der Waals surface area contributed by atoms with Crippen molar-refractivity contribution >= 4 is 74.9 Å². The number of hydrazone groups is 1. The molecule has 0 atom stereocenters. The number of halogens is 5. The van der Waals surface area contributed by atoms with Gasteiger partial charge in [0.1, 0.15) is 0 Å². The third-order valence-corrected chi connectivity index (χ3v) is 5.77. The number of hydrogen-bond donors (Lipinski definition) is 3. The number of nitrogens with one attached hydrogen (secondary N) is 3. The molecule has 0 saturated heterocycles. The van der Waals surface area contributed by atoms with Crippen LogP contribution in [-0.2, 0) is 6.18 Å². The molecule has 0 unspecified atom stereocenters. The first-order valence-corrected chi connectivity index (χ1v) is 10.9. The quantitative estimate of drug-likeness (QED) is 0.182. The molecular weight excluding hydrogens is 637 g/mol. The summed E-state index contributed by atoms with van der Waals surface area (Å²) in [6.45, 7) is 2.00. The zero-order chi connectivity index (χ0) is 22.6. The van der Waals surface area contributed by atoms with Gasteiger partial charge in [0.05, 0.1) is 11.8 Å². The maximum atomic E-state index is 12.9. The molecule has 3 rings (SSSR count). The zero-order valence-corrected chi connectivity index (χ0v) is 20.5. The maximum Gasteiger partial charge on any atom is 0.416 e. The Morgan fingerprint density at radius 2 is 1.71 bits per heavy atom. The molecule has 162 valence electrons. The molecule has 0 bridgehead atoms. The number of rotatable bonds is 6. The van der Waals surface area contributed by atoms with Crippen molar-refractivity contribution in [3.05, 3.63) is 60.2 Å². The Labute approximate surface area is 203 Å². The molecule has 3 aromatic rings. The first kappa shape index (κ1) is 23.4. The monoisotopic (exact) mass is 653 g/mol. The molecule has 2 aromatic carbocycles. The summed E-state index contributed by atoms with van der Waals surface area (Å²) in [7, 11) is 1.62. The van der Waals surface area contributed by atoms with Crippen LogP contribution >= 0.6 is 45.2 Å². The largest absolute Gasteiger partial charge is 0.416 e. The van der Waals surface area contributed by atoms with E-state index in [1.807, 2.05) is 13.0 Å². The fraction of sp³-hybridized carbons (Fsp3) is 0.158. The van der Waals surface area contributed by atoms with Gasteiger partial charge in [-0.2, -0.15) is 33.2 Å². The normalized spacial score (nSPS) is 11.6. The Kier molecular flexibility index (Phi) is 7.51. The van der Waals surface area contributed by atoms with Crippen molar-refractivity contribution in [1.82, 2.24) is 15.0 Å². The van der Waals surface area contributed by atoms with Crippen LogP contribution in [-0.4, -0.2) is 28.2 Å². The Balaban J connectivity index is 1.81. The zero-order valence-electron chi connectivity index (χ0n) is 16.2. The van der Waals surface area contributed by atoms with E-state index in [-0.39, 0.29) is 23.5 Å². The molecule has 7 nitrogen and oxygen atoms in total. The number of hydrogen-bond acceptors (Lipinski definition) is 7. The van der Waals surface area contributed by atoms with E-state index < -0.39 is 11.7 Å². The Morgan fingerprint density at radius 3 is 2.42 bits per heavy atom. The van der Waals surface area contributed by atoms with Gasteiger partial charge in [0.2, 0.25) is 17.8 Å². The van der Waals surface area contributed by atoms with E-state index in [9.17, 15) is 13.2 Å². The van der Waals surface area contributed by atoms with E-state index in [4.69, 9.17) is 0 Å². The van der Waals surface area contributed by atoms with E-state index in [0.717, 1.165) is 30.4 Å². The molecule has 12 heteroatoms. The summed E-state index contributed by atoms with van der Waals surface area (Å²) >= 11 is 4.50. The van der Waals surface area contributed by atoms with Crippen molar-refractivity contribution in [2.75, 3.05) is 23.1 Å². The fourth-order valence-electron chi connectivity index (χ4n) is 2.46. The third kappa shape index (κ3) is 6.38. The van der Waals surface area contributed by atoms with E-state index in [1.54, 1.807) is 13.3 Å². The van der Waals surface area contributed by atoms with Gasteiger partial charge in [-0.25, -0.2) is 5.43 Å². The SMILES string of the molecule is CNc1nc(N/N=C/c2cc(I)cc(I)c2C)nc(Nc2cccc(C(F)(F)F)c2)n1. The first-order chi connectivity index (χ1) is 14.7. The lowest BCUT2D eigenvalue weighted by Crippen LogP contribution is -2.08. The van der Waals surface area contributed by atoms with Gasteiger partial charge in [-0.3, -0.25) is 0 Å². The highest BCUT2D eigenvalue weighted by Crippen LogP contribution is 2.31. The predicted octanol–water partition coefficient (Wildman–Crippen LogP) is 5.64. The van der Waals surface area contributed by atoms with Crippen LogP contribution in [0.25, 0.3) is 0 Å². The minimum atomic E-state index is -4.44. The van der Waals surface area contributed by atoms with Crippen molar-refractivity contribution in [1.29, 1.82) is 0 Å². The minimum absolute atomic E-state index is 0.0661. The Hall–Kier alpha value is -2.23. The number of benzene rings is 2. The van der Waals surface area contributed by atoms with E-state index in [2.05, 4.69) is 87.4 Å². The van der Waals surface area contributed by atoms with Crippen molar-refractivity contribution in [2.24, 2.45) is 5.10 Å². The summed E-state index contributed by atoms with van der Waals surface area (Å²) in [5, 5.41) is 9.74. The smallest absolute Gasteiger partial charge is 0.357 e. The highest BCUT2D eigenvalue weighted by Gasteiger charge is 2.30. The molecule has 1 heterocycles. The summed E-state index contributed by atoms with van der Waals surface area (Å²) in [6, 6.07) is 8.83. The Morgan fingerprint density at radius 1 is 1.00 bits per heavy atom. The summed E-state index contributed by atoms with van der Waals surface area (Å²) in [4.78, 5) is 12.5.